The molecule has 2 heterocycles. The summed E-state index contributed by atoms with van der Waals surface area (Å²) in [6.45, 7) is 0.0875. The van der Waals surface area contributed by atoms with Crippen LogP contribution in [0.4, 0.5) is 13.2 Å². The third kappa shape index (κ3) is 4.08. The Kier molecular flexibility index (Phi) is 4.74. The summed E-state index contributed by atoms with van der Waals surface area (Å²) < 4.78 is 43.5. The van der Waals surface area contributed by atoms with Crippen LogP contribution in [0.1, 0.15) is 11.3 Å². The maximum Gasteiger partial charge on any atom is 0.416 e. The molecule has 3 rings (SSSR count). The third-order valence-corrected chi connectivity index (χ3v) is 3.58. The molecule has 0 aliphatic rings. The molecule has 10 heteroatoms. The molecule has 2 aromatic heterocycles. The summed E-state index contributed by atoms with van der Waals surface area (Å²) in [5.74, 6) is 0.337. The molecule has 0 saturated carbocycles. The lowest BCUT2D eigenvalue weighted by atomic mass is 10.1. The zero-order chi connectivity index (χ0) is 18.7. The fraction of sp³-hybridized carbons (Fsp3) is 0.250. The molecule has 0 radical (unpaired) electrons. The van der Waals surface area contributed by atoms with Crippen molar-refractivity contribution >= 4 is 5.91 Å². The van der Waals surface area contributed by atoms with Crippen molar-refractivity contribution in [2.24, 2.45) is 0 Å². The van der Waals surface area contributed by atoms with Gasteiger partial charge in [-0.15, -0.1) is 10.2 Å². The summed E-state index contributed by atoms with van der Waals surface area (Å²) in [5.41, 5.74) is -0.636. The minimum Gasteiger partial charge on any atom is -0.467 e. The maximum atomic E-state index is 12.8. The van der Waals surface area contributed by atoms with E-state index in [4.69, 9.17) is 4.42 Å². The molecule has 0 bridgehead atoms. The monoisotopic (exact) mass is 365 g/mol. The predicted octanol–water partition coefficient (Wildman–Crippen LogP) is 2.61. The van der Waals surface area contributed by atoms with Gasteiger partial charge in [0.25, 0.3) is 0 Å². The second-order valence-electron chi connectivity index (χ2n) is 5.55. The molecule has 26 heavy (non-hydrogen) atoms. The summed E-state index contributed by atoms with van der Waals surface area (Å²) in [6, 6.07) is 8.06. The smallest absolute Gasteiger partial charge is 0.416 e. The van der Waals surface area contributed by atoms with Gasteiger partial charge in [-0.05, 0) is 29.5 Å². The van der Waals surface area contributed by atoms with Crippen molar-refractivity contribution in [3.8, 4) is 11.4 Å². The predicted molar refractivity (Wildman–Crippen MR) is 83.4 cm³/mol. The fourth-order valence-corrected chi connectivity index (χ4v) is 2.23. The Morgan fingerprint density at radius 2 is 2.08 bits per heavy atom. The number of benzene rings is 1. The van der Waals surface area contributed by atoms with Crippen LogP contribution in [-0.4, -0.2) is 38.1 Å². The largest absolute Gasteiger partial charge is 0.467 e. The average Bonchev–Trinajstić information content (AvgIpc) is 3.26. The number of nitrogens with zero attached hydrogens (tertiary/aromatic N) is 5. The number of likely N-dealkylation sites (N-methyl/N-ethyl adjacent to an activating group) is 1. The van der Waals surface area contributed by atoms with Crippen LogP contribution in [0.5, 0.6) is 0 Å². The van der Waals surface area contributed by atoms with E-state index < -0.39 is 11.7 Å². The van der Waals surface area contributed by atoms with E-state index in [-0.39, 0.29) is 30.4 Å². The van der Waals surface area contributed by atoms with Gasteiger partial charge in [0.2, 0.25) is 11.7 Å². The second kappa shape index (κ2) is 6.98. The second-order valence-corrected chi connectivity index (χ2v) is 5.55. The normalized spacial score (nSPS) is 11.5. The number of carbonyl (C=O) groups excluding carboxylic acids is 1. The molecule has 7 nitrogen and oxygen atoms in total. The molecule has 0 fully saturated rings. The van der Waals surface area contributed by atoms with Crippen LogP contribution in [0.15, 0.2) is 47.1 Å². The van der Waals surface area contributed by atoms with Crippen LogP contribution < -0.4 is 0 Å². The lowest BCUT2D eigenvalue weighted by Crippen LogP contribution is -2.30. The number of alkyl halides is 3. The van der Waals surface area contributed by atoms with Crippen LogP contribution in [0.2, 0.25) is 0 Å². The van der Waals surface area contributed by atoms with Gasteiger partial charge in [-0.2, -0.15) is 18.0 Å². The molecule has 1 aromatic carbocycles. The number of aromatic nitrogens is 4. The average molecular weight is 365 g/mol. The standard InChI is InChI=1S/C16H14F3N5O2/c1-23(9-13-6-3-7-26-13)14(25)10-24-21-15(20-22-24)11-4-2-5-12(8-11)16(17,18)19/h2-8H,9-10H2,1H3. The van der Waals surface area contributed by atoms with Crippen LogP contribution >= 0.6 is 0 Å². The number of carbonyl (C=O) groups is 1. The van der Waals surface area contributed by atoms with Crippen LogP contribution in [-0.2, 0) is 24.1 Å². The van der Waals surface area contributed by atoms with Crippen molar-refractivity contribution < 1.29 is 22.4 Å². The van der Waals surface area contributed by atoms with E-state index in [0.29, 0.717) is 5.76 Å². The van der Waals surface area contributed by atoms with Gasteiger partial charge >= 0.3 is 6.18 Å². The number of rotatable bonds is 5. The van der Waals surface area contributed by atoms with E-state index in [1.165, 1.54) is 23.3 Å². The quantitative estimate of drug-likeness (QED) is 0.695. The molecule has 0 aliphatic heterocycles. The number of furan rings is 1. The Morgan fingerprint density at radius 1 is 1.27 bits per heavy atom. The van der Waals surface area contributed by atoms with Gasteiger partial charge in [-0.1, -0.05) is 12.1 Å². The Bertz CT molecular complexity index is 889. The van der Waals surface area contributed by atoms with Gasteiger partial charge in [-0.25, -0.2) is 0 Å². The summed E-state index contributed by atoms with van der Waals surface area (Å²) >= 11 is 0. The minimum atomic E-state index is -4.46. The van der Waals surface area contributed by atoms with E-state index in [1.807, 2.05) is 0 Å². The summed E-state index contributed by atoms with van der Waals surface area (Å²) in [7, 11) is 1.59. The Labute approximate surface area is 146 Å². The molecule has 136 valence electrons. The zero-order valence-corrected chi connectivity index (χ0v) is 13.6. The van der Waals surface area contributed by atoms with E-state index in [1.54, 1.807) is 19.2 Å². The first-order chi connectivity index (χ1) is 12.3. The summed E-state index contributed by atoms with van der Waals surface area (Å²) in [5, 5.41) is 11.4. The van der Waals surface area contributed by atoms with Crippen molar-refractivity contribution in [2.75, 3.05) is 7.05 Å². The van der Waals surface area contributed by atoms with Gasteiger partial charge < -0.3 is 9.32 Å². The Morgan fingerprint density at radius 3 is 2.77 bits per heavy atom. The first-order valence-corrected chi connectivity index (χ1v) is 7.55. The molecular weight excluding hydrogens is 351 g/mol. The van der Waals surface area contributed by atoms with Gasteiger partial charge in [0.1, 0.15) is 12.3 Å². The number of amides is 1. The highest BCUT2D eigenvalue weighted by Gasteiger charge is 2.30. The van der Waals surface area contributed by atoms with Crippen LogP contribution in [0.3, 0.4) is 0 Å². The fourth-order valence-electron chi connectivity index (χ4n) is 2.23. The van der Waals surface area contributed by atoms with Crippen LogP contribution in [0.25, 0.3) is 11.4 Å². The third-order valence-electron chi connectivity index (χ3n) is 3.58. The molecule has 0 N–H and O–H groups in total. The maximum absolute atomic E-state index is 12.8. The molecule has 0 spiro atoms. The molecule has 1 amide bonds. The highest BCUT2D eigenvalue weighted by molar-refractivity contribution is 5.75. The van der Waals surface area contributed by atoms with Gasteiger partial charge in [0, 0.05) is 12.6 Å². The first-order valence-electron chi connectivity index (χ1n) is 7.55. The molecule has 0 atom stereocenters. The van der Waals surface area contributed by atoms with Gasteiger partial charge in [0.15, 0.2) is 0 Å². The number of tetrazole rings is 1. The van der Waals surface area contributed by atoms with E-state index >= 15 is 0 Å². The summed E-state index contributed by atoms with van der Waals surface area (Å²) in [4.78, 5) is 14.6. The van der Waals surface area contributed by atoms with Gasteiger partial charge in [0.05, 0.1) is 18.4 Å². The zero-order valence-electron chi connectivity index (χ0n) is 13.6. The number of halogens is 3. The lowest BCUT2D eigenvalue weighted by Gasteiger charge is -2.14. The number of hydrogen-bond donors (Lipinski definition) is 0. The molecule has 3 aromatic rings. The van der Waals surface area contributed by atoms with E-state index in [9.17, 15) is 18.0 Å². The molecular formula is C16H14F3N5O2. The number of hydrogen-bond acceptors (Lipinski definition) is 5. The molecule has 0 saturated heterocycles. The SMILES string of the molecule is CN(Cc1ccco1)C(=O)Cn1nnc(-c2cccc(C(F)(F)F)c2)n1. The highest BCUT2D eigenvalue weighted by Crippen LogP contribution is 2.31. The Hall–Kier alpha value is -3.17. The molecule has 0 aliphatic carbocycles. The summed E-state index contributed by atoms with van der Waals surface area (Å²) in [6.07, 6.45) is -2.95. The van der Waals surface area contributed by atoms with Crippen molar-refractivity contribution in [1.29, 1.82) is 0 Å². The Balaban J connectivity index is 1.69. The van der Waals surface area contributed by atoms with Crippen molar-refractivity contribution in [2.45, 2.75) is 19.3 Å². The van der Waals surface area contributed by atoms with Gasteiger partial charge in [-0.3, -0.25) is 4.79 Å². The molecule has 0 unspecified atom stereocenters. The minimum absolute atomic E-state index is 0.0117. The van der Waals surface area contributed by atoms with E-state index in [0.717, 1.165) is 16.9 Å². The first kappa shape index (κ1) is 17.6. The van der Waals surface area contributed by atoms with Crippen molar-refractivity contribution in [1.82, 2.24) is 25.1 Å². The lowest BCUT2D eigenvalue weighted by molar-refractivity contribution is -0.137. The van der Waals surface area contributed by atoms with Crippen molar-refractivity contribution in [3.63, 3.8) is 0 Å². The van der Waals surface area contributed by atoms with Crippen LogP contribution in [0, 0.1) is 0 Å². The van der Waals surface area contributed by atoms with E-state index in [2.05, 4.69) is 15.4 Å². The topological polar surface area (TPSA) is 77.0 Å². The van der Waals surface area contributed by atoms with Crippen molar-refractivity contribution in [3.05, 3.63) is 54.0 Å². The highest BCUT2D eigenvalue weighted by atomic mass is 19.4.